The summed E-state index contributed by atoms with van der Waals surface area (Å²) in [6.45, 7) is 10.0. The van der Waals surface area contributed by atoms with Crippen molar-refractivity contribution in [1.82, 2.24) is 0 Å². The molecule has 0 spiro atoms. The Labute approximate surface area is 117 Å². The zero-order valence-corrected chi connectivity index (χ0v) is 12.6. The molecule has 1 aliphatic carbocycles. The van der Waals surface area contributed by atoms with Crippen molar-refractivity contribution >= 4 is 5.97 Å². The van der Waals surface area contributed by atoms with Crippen LogP contribution in [0, 0.1) is 11.3 Å². The van der Waals surface area contributed by atoms with Gasteiger partial charge in [0.25, 0.3) is 0 Å². The minimum atomic E-state index is -0.991. The number of carbonyl (C=O) groups is 1. The number of carbonyl (C=O) groups excluding carboxylic acids is 1. The maximum Gasteiger partial charge on any atom is 0.305 e. The van der Waals surface area contributed by atoms with Crippen molar-refractivity contribution in [2.75, 3.05) is 6.61 Å². The second kappa shape index (κ2) is 6.56. The molecule has 3 nitrogen and oxygen atoms in total. The minimum Gasteiger partial charge on any atom is -0.463 e. The van der Waals surface area contributed by atoms with E-state index in [4.69, 9.17) is 4.74 Å². The molecule has 1 aliphatic rings. The molecule has 0 heterocycles. The van der Waals surface area contributed by atoms with Gasteiger partial charge in [-0.05, 0) is 25.2 Å². The highest BCUT2D eigenvalue weighted by Gasteiger charge is 2.51. The quantitative estimate of drug-likeness (QED) is 0.592. The molecular weight excluding hydrogens is 240 g/mol. The van der Waals surface area contributed by atoms with Crippen LogP contribution in [0.3, 0.4) is 0 Å². The highest BCUT2D eigenvalue weighted by atomic mass is 16.5. The average Bonchev–Trinajstić information content (AvgIpc) is 2.40. The van der Waals surface area contributed by atoms with E-state index in [9.17, 15) is 9.90 Å². The Morgan fingerprint density at radius 1 is 1.58 bits per heavy atom. The van der Waals surface area contributed by atoms with Gasteiger partial charge in [-0.3, -0.25) is 4.79 Å². The van der Waals surface area contributed by atoms with Crippen molar-refractivity contribution in [2.45, 2.75) is 64.9 Å². The summed E-state index contributed by atoms with van der Waals surface area (Å²) >= 11 is 0. The van der Waals surface area contributed by atoms with E-state index >= 15 is 0 Å². The van der Waals surface area contributed by atoms with Crippen LogP contribution in [0.1, 0.15) is 59.3 Å². The molecule has 0 aliphatic heterocycles. The van der Waals surface area contributed by atoms with E-state index in [-0.39, 0.29) is 23.9 Å². The van der Waals surface area contributed by atoms with E-state index in [1.807, 2.05) is 26.8 Å². The molecule has 1 rings (SSSR count). The molecule has 19 heavy (non-hydrogen) atoms. The second-order valence-corrected chi connectivity index (χ2v) is 6.10. The largest absolute Gasteiger partial charge is 0.463 e. The molecular formula is C16H28O3. The molecule has 0 unspecified atom stereocenters. The molecule has 0 saturated heterocycles. The maximum absolute atomic E-state index is 11.6. The zero-order valence-electron chi connectivity index (χ0n) is 12.6. The van der Waals surface area contributed by atoms with Gasteiger partial charge in [-0.15, -0.1) is 6.58 Å². The number of aliphatic hydroxyl groups is 1. The van der Waals surface area contributed by atoms with Gasteiger partial charge in [0.15, 0.2) is 0 Å². The number of unbranched alkanes of at least 4 members (excludes halogenated alkanes) is 1. The number of ether oxygens (including phenoxy) is 1. The molecule has 0 amide bonds. The monoisotopic (exact) mass is 268 g/mol. The summed E-state index contributed by atoms with van der Waals surface area (Å²) in [6, 6.07) is 0. The Balaban J connectivity index is 2.69. The van der Waals surface area contributed by atoms with Gasteiger partial charge >= 0.3 is 5.97 Å². The number of esters is 1. The van der Waals surface area contributed by atoms with Crippen LogP contribution >= 0.6 is 0 Å². The lowest BCUT2D eigenvalue weighted by molar-refractivity contribution is -0.176. The molecule has 0 aromatic rings. The Bertz CT molecular complexity index is 326. The number of hydrogen-bond acceptors (Lipinski definition) is 3. The first kappa shape index (κ1) is 16.2. The normalized spacial score (nSPS) is 34.8. The fraction of sp³-hybridized carbons (Fsp3) is 0.812. The molecule has 1 N–H and O–H groups in total. The molecule has 1 saturated carbocycles. The highest BCUT2D eigenvalue weighted by Crippen LogP contribution is 2.48. The van der Waals surface area contributed by atoms with Crippen molar-refractivity contribution in [1.29, 1.82) is 0 Å². The summed E-state index contributed by atoms with van der Waals surface area (Å²) in [6.07, 6.45) is 7.01. The van der Waals surface area contributed by atoms with E-state index in [0.29, 0.717) is 6.42 Å². The highest BCUT2D eigenvalue weighted by molar-refractivity contribution is 5.69. The molecule has 110 valence electrons. The maximum atomic E-state index is 11.6. The first-order valence-corrected chi connectivity index (χ1v) is 7.41. The summed E-state index contributed by atoms with van der Waals surface area (Å²) in [7, 11) is 0. The predicted molar refractivity (Wildman–Crippen MR) is 76.8 cm³/mol. The topological polar surface area (TPSA) is 46.5 Å². The van der Waals surface area contributed by atoms with E-state index in [0.717, 1.165) is 32.1 Å². The zero-order chi connectivity index (χ0) is 14.5. The van der Waals surface area contributed by atoms with Crippen LogP contribution in [0.15, 0.2) is 12.7 Å². The average molecular weight is 268 g/mol. The van der Waals surface area contributed by atoms with Gasteiger partial charge in [0, 0.05) is 11.8 Å². The third-order valence-electron chi connectivity index (χ3n) is 4.78. The van der Waals surface area contributed by atoms with Gasteiger partial charge in [-0.1, -0.05) is 39.7 Å². The lowest BCUT2D eigenvalue weighted by Gasteiger charge is -2.50. The molecule has 0 aromatic carbocycles. The fourth-order valence-electron chi connectivity index (χ4n) is 2.96. The summed E-state index contributed by atoms with van der Waals surface area (Å²) in [5.41, 5.74) is -1.37. The van der Waals surface area contributed by atoms with Crippen LogP contribution in [0.5, 0.6) is 0 Å². The Kier molecular flexibility index (Phi) is 5.60. The van der Waals surface area contributed by atoms with Gasteiger partial charge in [0.1, 0.15) is 12.2 Å². The predicted octanol–water partition coefficient (Wildman–Crippen LogP) is 3.46. The van der Waals surface area contributed by atoms with Crippen LogP contribution in [0.2, 0.25) is 0 Å². The second-order valence-electron chi connectivity index (χ2n) is 6.10. The smallest absolute Gasteiger partial charge is 0.305 e. The van der Waals surface area contributed by atoms with Crippen LogP contribution in [0.4, 0.5) is 0 Å². The van der Waals surface area contributed by atoms with Gasteiger partial charge in [-0.25, -0.2) is 0 Å². The molecule has 0 aromatic heterocycles. The third-order valence-corrected chi connectivity index (χ3v) is 4.78. The molecule has 3 heteroatoms. The van der Waals surface area contributed by atoms with Crippen molar-refractivity contribution in [3.63, 3.8) is 0 Å². The third kappa shape index (κ3) is 3.38. The molecule has 1 fully saturated rings. The Morgan fingerprint density at radius 2 is 2.26 bits per heavy atom. The Hall–Kier alpha value is -0.830. The van der Waals surface area contributed by atoms with Crippen molar-refractivity contribution in [3.8, 4) is 0 Å². The summed E-state index contributed by atoms with van der Waals surface area (Å²) in [5, 5.41) is 11.0. The number of rotatable bonds is 6. The van der Waals surface area contributed by atoms with Crippen molar-refractivity contribution in [2.24, 2.45) is 11.3 Å². The van der Waals surface area contributed by atoms with Gasteiger partial charge < -0.3 is 9.84 Å². The molecule has 3 atom stereocenters. The molecule has 0 radical (unpaired) electrons. The van der Waals surface area contributed by atoms with Crippen LogP contribution in [-0.2, 0) is 9.53 Å². The van der Waals surface area contributed by atoms with Crippen molar-refractivity contribution in [3.05, 3.63) is 12.7 Å². The lowest BCUT2D eigenvalue weighted by atomic mass is 9.60. The summed E-state index contributed by atoms with van der Waals surface area (Å²) < 4.78 is 5.32. The first-order chi connectivity index (χ1) is 8.89. The standard InChI is InChI=1S/C16H28O3/c1-5-7-10-14(17)19-12-16(18)13(3)9-8-11-15(16,4)6-2/h6,13,18H,2,5,7-12H2,1,3-4H3/t13-,15+,16+/m1/s1. The SMILES string of the molecule is C=C[C@@]1(C)CCC[C@@H](C)[C@@]1(O)COC(=O)CCCC. The van der Waals surface area contributed by atoms with Crippen LogP contribution in [-0.4, -0.2) is 23.3 Å². The van der Waals surface area contributed by atoms with E-state index in [1.54, 1.807) is 0 Å². The lowest BCUT2D eigenvalue weighted by Crippen LogP contribution is -2.56. The van der Waals surface area contributed by atoms with E-state index in [2.05, 4.69) is 6.58 Å². The van der Waals surface area contributed by atoms with E-state index < -0.39 is 5.60 Å². The summed E-state index contributed by atoms with van der Waals surface area (Å²) in [4.78, 5) is 11.6. The van der Waals surface area contributed by atoms with E-state index in [1.165, 1.54) is 0 Å². The minimum absolute atomic E-state index is 0.0826. The van der Waals surface area contributed by atoms with Crippen LogP contribution in [0.25, 0.3) is 0 Å². The summed E-state index contributed by atoms with van der Waals surface area (Å²) in [5.74, 6) is -0.0947. The van der Waals surface area contributed by atoms with Crippen LogP contribution < -0.4 is 0 Å². The van der Waals surface area contributed by atoms with Gasteiger partial charge in [0.05, 0.1) is 0 Å². The van der Waals surface area contributed by atoms with Gasteiger partial charge in [-0.2, -0.15) is 0 Å². The van der Waals surface area contributed by atoms with Gasteiger partial charge in [0.2, 0.25) is 0 Å². The molecule has 0 bridgehead atoms. The Morgan fingerprint density at radius 3 is 2.84 bits per heavy atom. The van der Waals surface area contributed by atoms with Crippen molar-refractivity contribution < 1.29 is 14.6 Å². The fourth-order valence-corrected chi connectivity index (χ4v) is 2.96. The first-order valence-electron chi connectivity index (χ1n) is 7.41. The number of hydrogen-bond donors (Lipinski definition) is 1.